The van der Waals surface area contributed by atoms with Crippen LogP contribution in [0.1, 0.15) is 23.2 Å². The summed E-state index contributed by atoms with van der Waals surface area (Å²) in [5.74, 6) is 0.333. The monoisotopic (exact) mass is 195 g/mol. The summed E-state index contributed by atoms with van der Waals surface area (Å²) in [5.41, 5.74) is 6.06. The first-order valence-electron chi connectivity index (χ1n) is 4.70. The molecule has 5 nitrogen and oxygen atoms in total. The standard InChI is InChI=1S/C9H13N3O2/c10-9-7(4-11-12-9)8(13)6-2-1-3-14-5-6/h4,6H,1-3,5H2,(H3,10,11,12). The second kappa shape index (κ2) is 3.79. The van der Waals surface area contributed by atoms with Crippen molar-refractivity contribution in [3.63, 3.8) is 0 Å². The SMILES string of the molecule is Nc1[nH]ncc1C(=O)C1CCCOC1. The van der Waals surface area contributed by atoms with E-state index < -0.39 is 0 Å². The third-order valence-corrected chi connectivity index (χ3v) is 2.47. The van der Waals surface area contributed by atoms with Crippen LogP contribution in [-0.2, 0) is 4.74 Å². The second-order valence-corrected chi connectivity index (χ2v) is 3.48. The van der Waals surface area contributed by atoms with Crippen molar-refractivity contribution in [3.05, 3.63) is 11.8 Å². The zero-order valence-electron chi connectivity index (χ0n) is 7.82. The van der Waals surface area contributed by atoms with Crippen LogP contribution in [0.4, 0.5) is 5.82 Å². The van der Waals surface area contributed by atoms with Crippen molar-refractivity contribution in [1.29, 1.82) is 0 Å². The number of H-pyrrole nitrogens is 1. The van der Waals surface area contributed by atoms with Crippen LogP contribution >= 0.6 is 0 Å². The van der Waals surface area contributed by atoms with E-state index in [-0.39, 0.29) is 11.7 Å². The van der Waals surface area contributed by atoms with Crippen LogP contribution in [0.15, 0.2) is 6.20 Å². The quantitative estimate of drug-likeness (QED) is 0.677. The molecule has 0 aliphatic carbocycles. The molecule has 2 heterocycles. The van der Waals surface area contributed by atoms with Crippen LogP contribution in [0.25, 0.3) is 0 Å². The van der Waals surface area contributed by atoms with Crippen molar-refractivity contribution in [2.45, 2.75) is 12.8 Å². The Kier molecular flexibility index (Phi) is 2.49. The number of nitrogens with zero attached hydrogens (tertiary/aromatic N) is 1. The van der Waals surface area contributed by atoms with Crippen LogP contribution in [0.2, 0.25) is 0 Å². The molecule has 1 unspecified atom stereocenters. The maximum atomic E-state index is 11.9. The van der Waals surface area contributed by atoms with Gasteiger partial charge in [0.1, 0.15) is 5.82 Å². The molecular weight excluding hydrogens is 182 g/mol. The number of ether oxygens (including phenoxy) is 1. The number of hydrogen-bond acceptors (Lipinski definition) is 4. The minimum atomic E-state index is -0.0522. The van der Waals surface area contributed by atoms with Gasteiger partial charge in [-0.3, -0.25) is 9.89 Å². The fourth-order valence-electron chi connectivity index (χ4n) is 1.66. The van der Waals surface area contributed by atoms with Crippen LogP contribution in [0, 0.1) is 5.92 Å². The Morgan fingerprint density at radius 3 is 3.14 bits per heavy atom. The topological polar surface area (TPSA) is 81.0 Å². The molecule has 14 heavy (non-hydrogen) atoms. The molecule has 1 atom stereocenters. The van der Waals surface area contributed by atoms with E-state index in [9.17, 15) is 4.79 Å². The van der Waals surface area contributed by atoms with E-state index in [1.807, 2.05) is 0 Å². The number of nitrogens with two attached hydrogens (primary N) is 1. The van der Waals surface area contributed by atoms with E-state index in [1.54, 1.807) is 0 Å². The van der Waals surface area contributed by atoms with Crippen LogP contribution in [0.5, 0.6) is 0 Å². The zero-order chi connectivity index (χ0) is 9.97. The Morgan fingerprint density at radius 2 is 2.57 bits per heavy atom. The summed E-state index contributed by atoms with van der Waals surface area (Å²) in [6, 6.07) is 0. The van der Waals surface area contributed by atoms with Gasteiger partial charge in [-0.25, -0.2) is 0 Å². The Morgan fingerprint density at radius 1 is 1.71 bits per heavy atom. The first kappa shape index (κ1) is 9.21. The van der Waals surface area contributed by atoms with Gasteiger partial charge in [-0.15, -0.1) is 0 Å². The smallest absolute Gasteiger partial charge is 0.173 e. The zero-order valence-corrected chi connectivity index (χ0v) is 7.82. The van der Waals surface area contributed by atoms with Gasteiger partial charge in [0.15, 0.2) is 5.78 Å². The van der Waals surface area contributed by atoms with Crippen LogP contribution in [-0.4, -0.2) is 29.2 Å². The summed E-state index contributed by atoms with van der Waals surface area (Å²) in [6.07, 6.45) is 3.30. The molecule has 3 N–H and O–H groups in total. The molecular formula is C9H13N3O2. The second-order valence-electron chi connectivity index (χ2n) is 3.48. The molecule has 1 aromatic heterocycles. The van der Waals surface area contributed by atoms with Gasteiger partial charge >= 0.3 is 0 Å². The number of Topliss-reactive ketones (excluding diaryl/α,β-unsaturated/α-hetero) is 1. The van der Waals surface area contributed by atoms with Crippen LogP contribution in [0.3, 0.4) is 0 Å². The largest absolute Gasteiger partial charge is 0.383 e. The number of carbonyl (C=O) groups excluding carboxylic acids is 1. The van der Waals surface area contributed by atoms with Crippen molar-refractivity contribution < 1.29 is 9.53 Å². The maximum absolute atomic E-state index is 11.9. The summed E-state index contributed by atoms with van der Waals surface area (Å²) in [7, 11) is 0. The van der Waals surface area contributed by atoms with Gasteiger partial charge in [0.05, 0.1) is 18.4 Å². The highest BCUT2D eigenvalue weighted by Gasteiger charge is 2.25. The molecule has 0 amide bonds. The van der Waals surface area contributed by atoms with E-state index in [2.05, 4.69) is 10.2 Å². The first-order valence-corrected chi connectivity index (χ1v) is 4.70. The lowest BCUT2D eigenvalue weighted by Gasteiger charge is -2.20. The highest BCUT2D eigenvalue weighted by atomic mass is 16.5. The third-order valence-electron chi connectivity index (χ3n) is 2.47. The maximum Gasteiger partial charge on any atom is 0.173 e. The Bertz CT molecular complexity index is 329. The van der Waals surface area contributed by atoms with E-state index >= 15 is 0 Å². The molecule has 5 heteroatoms. The van der Waals surface area contributed by atoms with E-state index in [0.717, 1.165) is 19.4 Å². The number of nitrogen functional groups attached to an aromatic ring is 1. The molecule has 1 aliphatic rings. The highest BCUT2D eigenvalue weighted by Crippen LogP contribution is 2.20. The van der Waals surface area contributed by atoms with Crippen LogP contribution < -0.4 is 5.73 Å². The summed E-state index contributed by atoms with van der Waals surface area (Å²) in [6.45, 7) is 1.26. The number of hydrogen-bond donors (Lipinski definition) is 2. The number of rotatable bonds is 2. The Balaban J connectivity index is 2.11. The van der Waals surface area contributed by atoms with E-state index in [0.29, 0.717) is 18.0 Å². The summed E-state index contributed by atoms with van der Waals surface area (Å²) < 4.78 is 5.25. The molecule has 0 spiro atoms. The lowest BCUT2D eigenvalue weighted by molar-refractivity contribution is 0.0462. The van der Waals surface area contributed by atoms with Gasteiger partial charge in [-0.05, 0) is 12.8 Å². The van der Waals surface area contributed by atoms with Gasteiger partial charge in [0.25, 0.3) is 0 Å². The molecule has 0 aromatic carbocycles. The molecule has 0 bridgehead atoms. The lowest BCUT2D eigenvalue weighted by Crippen LogP contribution is -2.25. The lowest BCUT2D eigenvalue weighted by atomic mass is 9.94. The molecule has 2 rings (SSSR count). The third kappa shape index (κ3) is 1.63. The number of nitrogens with one attached hydrogen (secondary N) is 1. The molecule has 1 aromatic rings. The van der Waals surface area contributed by atoms with Gasteiger partial charge in [-0.2, -0.15) is 5.10 Å². The predicted octanol–water partition coefficient (Wildman–Crippen LogP) is 0.601. The number of carbonyl (C=O) groups is 1. The Hall–Kier alpha value is -1.36. The fourth-order valence-corrected chi connectivity index (χ4v) is 1.66. The highest BCUT2D eigenvalue weighted by molar-refractivity contribution is 6.01. The van der Waals surface area contributed by atoms with E-state index in [1.165, 1.54) is 6.20 Å². The van der Waals surface area contributed by atoms with Gasteiger partial charge < -0.3 is 10.5 Å². The van der Waals surface area contributed by atoms with Crippen molar-refractivity contribution in [3.8, 4) is 0 Å². The number of anilines is 1. The number of ketones is 1. The number of aromatic nitrogens is 2. The normalized spacial score (nSPS) is 22.1. The van der Waals surface area contributed by atoms with Gasteiger partial charge in [-0.1, -0.05) is 0 Å². The molecule has 1 fully saturated rings. The average molecular weight is 195 g/mol. The molecule has 1 saturated heterocycles. The molecule has 0 radical (unpaired) electrons. The molecule has 0 saturated carbocycles. The van der Waals surface area contributed by atoms with Crippen molar-refractivity contribution in [1.82, 2.24) is 10.2 Å². The van der Waals surface area contributed by atoms with Gasteiger partial charge in [0, 0.05) is 12.5 Å². The minimum absolute atomic E-state index is 0.0379. The summed E-state index contributed by atoms with van der Waals surface area (Å²) in [5, 5.41) is 6.28. The average Bonchev–Trinajstić information content (AvgIpc) is 2.65. The van der Waals surface area contributed by atoms with E-state index in [4.69, 9.17) is 10.5 Å². The molecule has 1 aliphatic heterocycles. The molecule has 76 valence electrons. The summed E-state index contributed by atoms with van der Waals surface area (Å²) >= 11 is 0. The minimum Gasteiger partial charge on any atom is -0.383 e. The number of aromatic amines is 1. The predicted molar refractivity (Wildman–Crippen MR) is 50.9 cm³/mol. The van der Waals surface area contributed by atoms with Crippen molar-refractivity contribution >= 4 is 11.6 Å². The first-order chi connectivity index (χ1) is 6.79. The summed E-state index contributed by atoms with van der Waals surface area (Å²) in [4.78, 5) is 11.9. The van der Waals surface area contributed by atoms with Crippen molar-refractivity contribution in [2.24, 2.45) is 5.92 Å². The Labute approximate surface area is 81.6 Å². The van der Waals surface area contributed by atoms with Crippen molar-refractivity contribution in [2.75, 3.05) is 18.9 Å². The fraction of sp³-hybridized carbons (Fsp3) is 0.556. The van der Waals surface area contributed by atoms with Gasteiger partial charge in [0.2, 0.25) is 0 Å².